The molecule has 1 aromatic rings. The van der Waals surface area contributed by atoms with E-state index in [1.54, 1.807) is 6.92 Å². The van der Waals surface area contributed by atoms with Crippen molar-refractivity contribution < 1.29 is 13.2 Å². The summed E-state index contributed by atoms with van der Waals surface area (Å²) in [6.45, 7) is 0.999. The Morgan fingerprint density at radius 1 is 1.39 bits per heavy atom. The molecule has 0 N–H and O–H groups in total. The lowest BCUT2D eigenvalue weighted by atomic mass is 10.2. The maximum Gasteiger partial charge on any atom is 0.405 e. The smallest absolute Gasteiger partial charge is 0.361 e. The molecule has 1 aromatic carbocycles. The van der Waals surface area contributed by atoms with Crippen molar-refractivity contribution in [1.82, 2.24) is 0 Å². The van der Waals surface area contributed by atoms with Crippen LogP contribution in [0.4, 0.5) is 18.9 Å². The minimum Gasteiger partial charge on any atom is -0.361 e. The number of nitriles is 1. The highest BCUT2D eigenvalue weighted by atomic mass is 35.5. The summed E-state index contributed by atoms with van der Waals surface area (Å²) in [5.74, 6) is 0. The van der Waals surface area contributed by atoms with Gasteiger partial charge < -0.3 is 4.90 Å². The first kappa shape index (κ1) is 14.7. The van der Waals surface area contributed by atoms with Gasteiger partial charge >= 0.3 is 6.18 Å². The summed E-state index contributed by atoms with van der Waals surface area (Å²) in [6, 6.07) is 6.17. The van der Waals surface area contributed by atoms with Crippen LogP contribution in [0.25, 0.3) is 0 Å². The molecule has 0 aliphatic rings. The molecule has 0 radical (unpaired) electrons. The summed E-state index contributed by atoms with van der Waals surface area (Å²) < 4.78 is 37.4. The van der Waals surface area contributed by atoms with Crippen molar-refractivity contribution in [2.45, 2.75) is 19.5 Å². The number of alkyl halides is 3. The molecule has 0 heterocycles. The van der Waals surface area contributed by atoms with Gasteiger partial charge in [0, 0.05) is 6.54 Å². The van der Waals surface area contributed by atoms with E-state index in [-0.39, 0.29) is 11.6 Å². The molecule has 2 nitrogen and oxygen atoms in total. The van der Waals surface area contributed by atoms with Crippen LogP contribution in [-0.4, -0.2) is 19.3 Å². The first-order chi connectivity index (χ1) is 8.37. The molecule has 1 rings (SSSR count). The van der Waals surface area contributed by atoms with Crippen LogP contribution in [0.1, 0.15) is 18.9 Å². The largest absolute Gasteiger partial charge is 0.405 e. The molecule has 0 spiro atoms. The highest BCUT2D eigenvalue weighted by Crippen LogP contribution is 2.29. The van der Waals surface area contributed by atoms with Crippen LogP contribution in [0.2, 0.25) is 5.02 Å². The van der Waals surface area contributed by atoms with Crippen LogP contribution in [0.5, 0.6) is 0 Å². The van der Waals surface area contributed by atoms with E-state index in [9.17, 15) is 13.2 Å². The molecule has 98 valence electrons. The fourth-order valence-electron chi connectivity index (χ4n) is 1.60. The average Bonchev–Trinajstić information content (AvgIpc) is 2.26. The van der Waals surface area contributed by atoms with Crippen molar-refractivity contribution in [3.05, 3.63) is 28.8 Å². The molecule has 0 bridgehead atoms. The second-order valence-corrected chi connectivity index (χ2v) is 4.22. The molecule has 0 atom stereocenters. The first-order valence-electron chi connectivity index (χ1n) is 5.38. The Labute approximate surface area is 109 Å². The third kappa shape index (κ3) is 4.11. The molecular weight excluding hydrogens is 265 g/mol. The van der Waals surface area contributed by atoms with Crippen LogP contribution >= 0.6 is 11.6 Å². The highest BCUT2D eigenvalue weighted by Gasteiger charge is 2.31. The van der Waals surface area contributed by atoms with Gasteiger partial charge in [-0.25, -0.2) is 0 Å². The highest BCUT2D eigenvalue weighted by molar-refractivity contribution is 6.33. The van der Waals surface area contributed by atoms with E-state index in [4.69, 9.17) is 16.9 Å². The summed E-state index contributed by atoms with van der Waals surface area (Å²) >= 11 is 5.91. The SMILES string of the molecule is CCCN(CC(F)(F)F)c1ccc(C#N)cc1Cl. The summed E-state index contributed by atoms with van der Waals surface area (Å²) in [4.78, 5) is 1.17. The molecule has 0 amide bonds. The average molecular weight is 277 g/mol. The minimum absolute atomic E-state index is 0.159. The number of hydrogen-bond donors (Lipinski definition) is 0. The zero-order chi connectivity index (χ0) is 13.8. The third-order valence-corrected chi connectivity index (χ3v) is 2.58. The summed E-state index contributed by atoms with van der Waals surface area (Å²) in [7, 11) is 0. The Bertz CT molecular complexity index is 452. The van der Waals surface area contributed by atoms with Gasteiger partial charge in [0.2, 0.25) is 0 Å². The standard InChI is InChI=1S/C12H12ClF3N2/c1-2-5-18(8-12(14,15)16)11-4-3-9(7-17)6-10(11)13/h3-4,6H,2,5,8H2,1H3. The Morgan fingerprint density at radius 2 is 2.06 bits per heavy atom. The molecule has 0 aliphatic carbocycles. The van der Waals surface area contributed by atoms with Crippen LogP contribution in [0.15, 0.2) is 18.2 Å². The van der Waals surface area contributed by atoms with Crippen molar-refractivity contribution in [3.63, 3.8) is 0 Å². The monoisotopic (exact) mass is 276 g/mol. The van der Waals surface area contributed by atoms with Crippen molar-refractivity contribution >= 4 is 17.3 Å². The first-order valence-corrected chi connectivity index (χ1v) is 5.76. The van der Waals surface area contributed by atoms with Gasteiger partial charge in [-0.1, -0.05) is 18.5 Å². The minimum atomic E-state index is -4.29. The fourth-order valence-corrected chi connectivity index (χ4v) is 1.90. The van der Waals surface area contributed by atoms with Crippen molar-refractivity contribution in [2.24, 2.45) is 0 Å². The fraction of sp³-hybridized carbons (Fsp3) is 0.417. The van der Waals surface area contributed by atoms with Gasteiger partial charge in [-0.05, 0) is 24.6 Å². The van der Waals surface area contributed by atoms with Crippen LogP contribution < -0.4 is 4.90 Å². The van der Waals surface area contributed by atoms with E-state index >= 15 is 0 Å². The van der Waals surface area contributed by atoms with Gasteiger partial charge in [0.15, 0.2) is 0 Å². The molecule has 0 aliphatic heterocycles. The van der Waals surface area contributed by atoms with Gasteiger partial charge in [-0.15, -0.1) is 0 Å². The molecule has 18 heavy (non-hydrogen) atoms. The zero-order valence-electron chi connectivity index (χ0n) is 9.76. The Morgan fingerprint density at radius 3 is 2.50 bits per heavy atom. The van der Waals surface area contributed by atoms with E-state index in [1.807, 2.05) is 6.07 Å². The van der Waals surface area contributed by atoms with Crippen LogP contribution in [-0.2, 0) is 0 Å². The maximum atomic E-state index is 12.5. The molecular formula is C12H12ClF3N2. The lowest BCUT2D eigenvalue weighted by Gasteiger charge is -2.26. The van der Waals surface area contributed by atoms with Crippen LogP contribution in [0, 0.1) is 11.3 Å². The quantitative estimate of drug-likeness (QED) is 0.831. The summed E-state index contributed by atoms with van der Waals surface area (Å²) in [6.07, 6.45) is -3.71. The number of benzene rings is 1. The number of nitrogens with zero attached hydrogens (tertiary/aromatic N) is 2. The predicted molar refractivity (Wildman–Crippen MR) is 64.7 cm³/mol. The van der Waals surface area contributed by atoms with Crippen molar-refractivity contribution in [2.75, 3.05) is 18.0 Å². The second-order valence-electron chi connectivity index (χ2n) is 3.81. The molecule has 0 saturated heterocycles. The Hall–Kier alpha value is -1.41. The Balaban J connectivity index is 3.03. The molecule has 0 aromatic heterocycles. The van der Waals surface area contributed by atoms with Gasteiger partial charge in [-0.2, -0.15) is 18.4 Å². The maximum absolute atomic E-state index is 12.5. The van der Waals surface area contributed by atoms with E-state index in [1.165, 1.54) is 23.1 Å². The predicted octanol–water partition coefficient (Wildman–Crippen LogP) is 3.99. The van der Waals surface area contributed by atoms with Gasteiger partial charge in [-0.3, -0.25) is 0 Å². The number of halogens is 4. The lowest BCUT2D eigenvalue weighted by molar-refractivity contribution is -0.119. The zero-order valence-corrected chi connectivity index (χ0v) is 10.5. The normalized spacial score (nSPS) is 11.1. The summed E-state index contributed by atoms with van der Waals surface area (Å²) in [5, 5.41) is 8.84. The summed E-state index contributed by atoms with van der Waals surface area (Å²) in [5.41, 5.74) is 0.627. The third-order valence-electron chi connectivity index (χ3n) is 2.28. The number of rotatable bonds is 4. The topological polar surface area (TPSA) is 27.0 Å². The lowest BCUT2D eigenvalue weighted by Crippen LogP contribution is -2.35. The Kier molecular flexibility index (Phi) is 4.85. The second kappa shape index (κ2) is 5.96. The van der Waals surface area contributed by atoms with E-state index in [0.717, 1.165) is 0 Å². The van der Waals surface area contributed by atoms with Crippen molar-refractivity contribution in [3.8, 4) is 6.07 Å². The number of hydrogen-bond acceptors (Lipinski definition) is 2. The molecule has 0 fully saturated rings. The molecule has 6 heteroatoms. The van der Waals surface area contributed by atoms with Gasteiger partial charge in [0.1, 0.15) is 6.54 Å². The molecule has 0 unspecified atom stereocenters. The van der Waals surface area contributed by atoms with Gasteiger partial charge in [0.05, 0.1) is 22.3 Å². The van der Waals surface area contributed by atoms with Crippen molar-refractivity contribution in [1.29, 1.82) is 5.26 Å². The van der Waals surface area contributed by atoms with Crippen LogP contribution in [0.3, 0.4) is 0 Å². The van der Waals surface area contributed by atoms with E-state index in [0.29, 0.717) is 17.7 Å². The van der Waals surface area contributed by atoms with Gasteiger partial charge in [0.25, 0.3) is 0 Å². The molecule has 0 saturated carbocycles. The van der Waals surface area contributed by atoms with E-state index < -0.39 is 12.7 Å². The number of anilines is 1. The van der Waals surface area contributed by atoms with E-state index in [2.05, 4.69) is 0 Å².